The van der Waals surface area contributed by atoms with Crippen LogP contribution in [0, 0.1) is 0 Å². The van der Waals surface area contributed by atoms with E-state index >= 15 is 0 Å². The van der Waals surface area contributed by atoms with E-state index in [1.165, 1.54) is 0 Å². The molecule has 0 aromatic rings. The van der Waals surface area contributed by atoms with Crippen molar-refractivity contribution in [3.63, 3.8) is 0 Å². The van der Waals surface area contributed by atoms with Gasteiger partial charge in [0.1, 0.15) is 0 Å². The van der Waals surface area contributed by atoms with Crippen LogP contribution >= 0.6 is 0 Å². The Labute approximate surface area is 37.7 Å². The van der Waals surface area contributed by atoms with Crippen LogP contribution in [0.3, 0.4) is 0 Å². The maximum Gasteiger partial charge on any atom is 0.0260 e. The Hall–Kier alpha value is -0.850. The molecule has 1 heteroatoms. The monoisotopic (exact) mass is 81.1 g/mol. The summed E-state index contributed by atoms with van der Waals surface area (Å²) in [5, 5.41) is 0. The van der Waals surface area contributed by atoms with Crippen molar-refractivity contribution >= 4 is 6.72 Å². The van der Waals surface area contributed by atoms with Gasteiger partial charge in [-0.15, -0.1) is 0 Å². The molecule has 0 aliphatic carbocycles. The van der Waals surface area contributed by atoms with Gasteiger partial charge in [-0.05, 0) is 12.8 Å². The van der Waals surface area contributed by atoms with E-state index in [4.69, 9.17) is 0 Å². The van der Waals surface area contributed by atoms with Gasteiger partial charge in [0.2, 0.25) is 0 Å². The highest BCUT2D eigenvalue weighted by atomic mass is 14.6. The molecule has 32 valence electrons. The quantitative estimate of drug-likeness (QED) is 0.352. The summed E-state index contributed by atoms with van der Waals surface area (Å²) in [5.74, 6) is 0. The van der Waals surface area contributed by atoms with Gasteiger partial charge >= 0.3 is 0 Å². The van der Waals surface area contributed by atoms with Gasteiger partial charge in [0.15, 0.2) is 0 Å². The van der Waals surface area contributed by atoms with Gasteiger partial charge in [-0.3, -0.25) is 4.99 Å². The molecule has 0 radical (unpaired) electrons. The average Bonchev–Trinajstić information content (AvgIpc) is 1.61. The van der Waals surface area contributed by atoms with E-state index in [0.717, 1.165) is 0 Å². The Bertz CT molecular complexity index is 62.0. The number of aliphatic imine (C=N–C) groups is 1. The predicted molar refractivity (Wildman–Crippen MR) is 28.9 cm³/mol. The van der Waals surface area contributed by atoms with Crippen LogP contribution in [0.2, 0.25) is 0 Å². The van der Waals surface area contributed by atoms with Crippen molar-refractivity contribution in [2.24, 2.45) is 4.99 Å². The second-order valence-electron chi connectivity index (χ2n) is 0.760. The van der Waals surface area contributed by atoms with Gasteiger partial charge in [0.05, 0.1) is 0 Å². The van der Waals surface area contributed by atoms with Crippen molar-refractivity contribution < 1.29 is 0 Å². The fourth-order valence-electron chi connectivity index (χ4n) is 0.122. The van der Waals surface area contributed by atoms with Gasteiger partial charge in [0, 0.05) is 6.20 Å². The molecule has 0 fully saturated rings. The van der Waals surface area contributed by atoms with E-state index in [0.29, 0.717) is 0 Å². The van der Waals surface area contributed by atoms with Crippen LogP contribution in [0.4, 0.5) is 0 Å². The SMILES string of the molecule is C=C/C=C/N=C. The molecular formula is C5H7N. The lowest BCUT2D eigenvalue weighted by Crippen LogP contribution is -1.40. The predicted octanol–water partition coefficient (Wildman–Crippen LogP) is 1.39. The highest BCUT2D eigenvalue weighted by Crippen LogP contribution is 1.68. The summed E-state index contributed by atoms with van der Waals surface area (Å²) in [6.07, 6.45) is 4.94. The van der Waals surface area contributed by atoms with Crippen LogP contribution in [0.15, 0.2) is 29.9 Å². The normalized spacial score (nSPS) is 8.67. The van der Waals surface area contributed by atoms with Crippen molar-refractivity contribution in [3.05, 3.63) is 24.9 Å². The maximum absolute atomic E-state index is 3.42. The lowest BCUT2D eigenvalue weighted by atomic mass is 10.6. The number of hydrogen-bond donors (Lipinski definition) is 0. The van der Waals surface area contributed by atoms with Gasteiger partial charge in [-0.2, -0.15) is 0 Å². The Kier molecular flexibility index (Phi) is 3.56. The topological polar surface area (TPSA) is 12.4 Å². The molecule has 0 rings (SSSR count). The molecule has 0 heterocycles. The van der Waals surface area contributed by atoms with Crippen LogP contribution < -0.4 is 0 Å². The van der Waals surface area contributed by atoms with Crippen molar-refractivity contribution in [2.45, 2.75) is 0 Å². The first-order chi connectivity index (χ1) is 2.91. The highest BCUT2D eigenvalue weighted by Gasteiger charge is 1.47. The van der Waals surface area contributed by atoms with Crippen LogP contribution in [-0.4, -0.2) is 6.72 Å². The van der Waals surface area contributed by atoms with E-state index < -0.39 is 0 Å². The molecule has 0 aliphatic rings. The van der Waals surface area contributed by atoms with Crippen molar-refractivity contribution in [1.82, 2.24) is 0 Å². The number of nitrogens with zero attached hydrogens (tertiary/aromatic N) is 1. The highest BCUT2D eigenvalue weighted by molar-refractivity contribution is 5.25. The molecular weight excluding hydrogens is 74.1 g/mol. The second kappa shape index (κ2) is 4.15. The molecule has 0 aliphatic heterocycles. The van der Waals surface area contributed by atoms with Crippen molar-refractivity contribution in [1.29, 1.82) is 0 Å². The standard InChI is InChI=1S/C5H7N/c1-3-4-5-6-2/h3-5H,1-2H2/b5-4+. The third-order valence-corrected chi connectivity index (χ3v) is 0.328. The second-order valence-corrected chi connectivity index (χ2v) is 0.760. The third kappa shape index (κ3) is 3.15. The molecule has 1 nitrogen and oxygen atoms in total. The molecule has 6 heavy (non-hydrogen) atoms. The molecule has 0 atom stereocenters. The van der Waals surface area contributed by atoms with Crippen LogP contribution in [0.1, 0.15) is 0 Å². The number of allylic oxidation sites excluding steroid dienone is 2. The fourth-order valence-corrected chi connectivity index (χ4v) is 0.122. The van der Waals surface area contributed by atoms with Gasteiger partial charge in [-0.1, -0.05) is 12.7 Å². The van der Waals surface area contributed by atoms with E-state index in [9.17, 15) is 0 Å². The first kappa shape index (κ1) is 5.15. The summed E-state index contributed by atoms with van der Waals surface area (Å²) >= 11 is 0. The Morgan fingerprint density at radius 2 is 2.17 bits per heavy atom. The largest absolute Gasteiger partial charge is 0.273 e. The zero-order valence-electron chi connectivity index (χ0n) is 3.59. The number of rotatable bonds is 2. The first-order valence-corrected chi connectivity index (χ1v) is 1.65. The van der Waals surface area contributed by atoms with Gasteiger partial charge in [0.25, 0.3) is 0 Å². The molecule has 0 saturated heterocycles. The molecule has 0 spiro atoms. The zero-order valence-corrected chi connectivity index (χ0v) is 3.59. The molecule has 0 aromatic heterocycles. The average molecular weight is 81.1 g/mol. The smallest absolute Gasteiger partial charge is 0.0260 e. The molecule has 0 bridgehead atoms. The first-order valence-electron chi connectivity index (χ1n) is 1.65. The van der Waals surface area contributed by atoms with Crippen LogP contribution in [0.25, 0.3) is 0 Å². The summed E-state index contributed by atoms with van der Waals surface area (Å²) in [4.78, 5) is 3.42. The van der Waals surface area contributed by atoms with Gasteiger partial charge < -0.3 is 0 Å². The number of hydrogen-bond acceptors (Lipinski definition) is 1. The minimum absolute atomic E-state index is 1.58. The van der Waals surface area contributed by atoms with Crippen LogP contribution in [0.5, 0.6) is 0 Å². The molecule has 0 saturated carbocycles. The van der Waals surface area contributed by atoms with Gasteiger partial charge in [-0.25, -0.2) is 0 Å². The Balaban J connectivity index is 3.17. The van der Waals surface area contributed by atoms with E-state index in [1.807, 2.05) is 0 Å². The van der Waals surface area contributed by atoms with E-state index in [1.54, 1.807) is 18.4 Å². The summed E-state index contributed by atoms with van der Waals surface area (Å²) in [7, 11) is 0. The summed E-state index contributed by atoms with van der Waals surface area (Å²) < 4.78 is 0. The van der Waals surface area contributed by atoms with Crippen LogP contribution in [-0.2, 0) is 0 Å². The fraction of sp³-hybridized carbons (Fsp3) is 0. The Morgan fingerprint density at radius 1 is 1.50 bits per heavy atom. The third-order valence-electron chi connectivity index (χ3n) is 0.328. The van der Waals surface area contributed by atoms with Crippen molar-refractivity contribution in [2.75, 3.05) is 0 Å². The molecule has 0 amide bonds. The lowest BCUT2D eigenvalue weighted by Gasteiger charge is -1.61. The van der Waals surface area contributed by atoms with E-state index in [2.05, 4.69) is 18.3 Å². The lowest BCUT2D eigenvalue weighted by molar-refractivity contribution is 1.62. The van der Waals surface area contributed by atoms with Crippen molar-refractivity contribution in [3.8, 4) is 0 Å². The summed E-state index contributed by atoms with van der Waals surface area (Å²) in [6.45, 7) is 6.64. The maximum atomic E-state index is 3.42. The summed E-state index contributed by atoms with van der Waals surface area (Å²) in [6, 6.07) is 0. The molecule has 0 aromatic carbocycles. The summed E-state index contributed by atoms with van der Waals surface area (Å²) in [5.41, 5.74) is 0. The zero-order chi connectivity index (χ0) is 4.83. The molecule has 0 N–H and O–H groups in total. The van der Waals surface area contributed by atoms with E-state index in [-0.39, 0.29) is 0 Å². The minimum atomic E-state index is 1.58. The Morgan fingerprint density at radius 3 is 2.33 bits per heavy atom. The molecule has 0 unspecified atom stereocenters. The minimum Gasteiger partial charge on any atom is -0.273 e.